The van der Waals surface area contributed by atoms with Gasteiger partial charge in [-0.3, -0.25) is 9.59 Å². The van der Waals surface area contributed by atoms with Crippen molar-refractivity contribution >= 4 is 17.6 Å². The van der Waals surface area contributed by atoms with Crippen molar-refractivity contribution in [3.8, 4) is 11.3 Å². The standard InChI is InChI=1S/C18H19N3O2/c1-12-5-7-13(8-6-12)15-3-2-4-16(20-15)21-18(23)11-14-9-10-17(22)19-14/h2-8,14H,9-11H2,1H3,(H,19,22)(H,20,21,23). The maximum absolute atomic E-state index is 12.1. The number of amides is 2. The minimum absolute atomic E-state index is 0.0160. The van der Waals surface area contributed by atoms with Gasteiger partial charge in [-0.25, -0.2) is 4.98 Å². The van der Waals surface area contributed by atoms with Crippen molar-refractivity contribution in [2.45, 2.75) is 32.2 Å². The van der Waals surface area contributed by atoms with Gasteiger partial charge in [0.05, 0.1) is 5.69 Å². The zero-order chi connectivity index (χ0) is 16.2. The topological polar surface area (TPSA) is 71.1 Å². The fourth-order valence-electron chi connectivity index (χ4n) is 2.64. The number of hydrogen-bond acceptors (Lipinski definition) is 3. The number of carbonyl (C=O) groups excluding carboxylic acids is 2. The molecule has 3 rings (SSSR count). The lowest BCUT2D eigenvalue weighted by molar-refractivity contribution is -0.119. The molecule has 118 valence electrons. The Bertz CT molecular complexity index is 725. The fraction of sp³-hybridized carbons (Fsp3) is 0.278. The van der Waals surface area contributed by atoms with E-state index in [1.165, 1.54) is 5.56 Å². The lowest BCUT2D eigenvalue weighted by Gasteiger charge is -2.10. The van der Waals surface area contributed by atoms with Crippen molar-refractivity contribution in [3.63, 3.8) is 0 Å². The minimum Gasteiger partial charge on any atom is -0.353 e. The molecule has 1 saturated heterocycles. The molecule has 1 aliphatic heterocycles. The number of nitrogens with one attached hydrogen (secondary N) is 2. The summed E-state index contributed by atoms with van der Waals surface area (Å²) in [5.74, 6) is 0.408. The highest BCUT2D eigenvalue weighted by Gasteiger charge is 2.23. The molecule has 1 aliphatic rings. The first-order valence-electron chi connectivity index (χ1n) is 7.73. The van der Waals surface area contributed by atoms with Crippen molar-refractivity contribution < 1.29 is 9.59 Å². The SMILES string of the molecule is Cc1ccc(-c2cccc(NC(=O)CC3CCC(=O)N3)n2)cc1. The van der Waals surface area contributed by atoms with E-state index in [0.717, 1.165) is 11.3 Å². The molecular weight excluding hydrogens is 290 g/mol. The van der Waals surface area contributed by atoms with Crippen LogP contribution >= 0.6 is 0 Å². The highest BCUT2D eigenvalue weighted by atomic mass is 16.2. The van der Waals surface area contributed by atoms with Crippen molar-refractivity contribution in [3.05, 3.63) is 48.0 Å². The van der Waals surface area contributed by atoms with Gasteiger partial charge in [-0.1, -0.05) is 35.9 Å². The molecule has 2 aromatic rings. The summed E-state index contributed by atoms with van der Waals surface area (Å²) in [6, 6.07) is 13.6. The first kappa shape index (κ1) is 15.2. The highest BCUT2D eigenvalue weighted by Crippen LogP contribution is 2.19. The quantitative estimate of drug-likeness (QED) is 0.912. The average molecular weight is 309 g/mol. The van der Waals surface area contributed by atoms with Crippen LogP contribution in [0.5, 0.6) is 0 Å². The van der Waals surface area contributed by atoms with E-state index in [-0.39, 0.29) is 24.3 Å². The van der Waals surface area contributed by atoms with Crippen molar-refractivity contribution in [2.75, 3.05) is 5.32 Å². The molecule has 1 unspecified atom stereocenters. The Morgan fingerprint density at radius 3 is 2.74 bits per heavy atom. The van der Waals surface area contributed by atoms with E-state index >= 15 is 0 Å². The van der Waals surface area contributed by atoms with Gasteiger partial charge < -0.3 is 10.6 Å². The summed E-state index contributed by atoms with van der Waals surface area (Å²) in [5.41, 5.74) is 3.02. The predicted octanol–water partition coefficient (Wildman–Crippen LogP) is 2.66. The summed E-state index contributed by atoms with van der Waals surface area (Å²) in [4.78, 5) is 27.7. The Labute approximate surface area is 135 Å². The third-order valence-corrected chi connectivity index (χ3v) is 3.88. The largest absolute Gasteiger partial charge is 0.353 e. The summed E-state index contributed by atoms with van der Waals surface area (Å²) >= 11 is 0. The molecular formula is C18H19N3O2. The van der Waals surface area contributed by atoms with Crippen LogP contribution in [0.1, 0.15) is 24.8 Å². The first-order valence-corrected chi connectivity index (χ1v) is 7.73. The van der Waals surface area contributed by atoms with Crippen molar-refractivity contribution in [1.82, 2.24) is 10.3 Å². The lowest BCUT2D eigenvalue weighted by Crippen LogP contribution is -2.30. The maximum Gasteiger partial charge on any atom is 0.227 e. The second-order valence-corrected chi connectivity index (χ2v) is 5.83. The van der Waals surface area contributed by atoms with Crippen LogP contribution in [0.25, 0.3) is 11.3 Å². The van der Waals surface area contributed by atoms with Crippen LogP contribution in [0.3, 0.4) is 0 Å². The maximum atomic E-state index is 12.1. The molecule has 5 heteroatoms. The van der Waals surface area contributed by atoms with Gasteiger partial charge in [-0.15, -0.1) is 0 Å². The van der Waals surface area contributed by atoms with Crippen LogP contribution in [-0.4, -0.2) is 22.8 Å². The molecule has 0 bridgehead atoms. The second-order valence-electron chi connectivity index (χ2n) is 5.83. The van der Waals surface area contributed by atoms with E-state index < -0.39 is 0 Å². The number of anilines is 1. The van der Waals surface area contributed by atoms with E-state index in [1.54, 1.807) is 6.07 Å². The third-order valence-electron chi connectivity index (χ3n) is 3.88. The van der Waals surface area contributed by atoms with Crippen LogP contribution in [0.2, 0.25) is 0 Å². The van der Waals surface area contributed by atoms with Gasteiger partial charge in [0.1, 0.15) is 5.82 Å². The molecule has 1 aromatic carbocycles. The van der Waals surface area contributed by atoms with Gasteiger partial charge in [-0.2, -0.15) is 0 Å². The molecule has 0 spiro atoms. The van der Waals surface area contributed by atoms with Crippen LogP contribution in [0, 0.1) is 6.92 Å². The van der Waals surface area contributed by atoms with Crippen LogP contribution in [-0.2, 0) is 9.59 Å². The molecule has 1 atom stereocenters. The number of hydrogen-bond donors (Lipinski definition) is 2. The Morgan fingerprint density at radius 2 is 2.04 bits per heavy atom. The number of aryl methyl sites for hydroxylation is 1. The number of aromatic nitrogens is 1. The van der Waals surface area contributed by atoms with Gasteiger partial charge in [0, 0.05) is 24.4 Å². The summed E-state index contributed by atoms with van der Waals surface area (Å²) in [6.45, 7) is 2.04. The van der Waals surface area contributed by atoms with Gasteiger partial charge in [-0.05, 0) is 25.5 Å². The minimum atomic E-state index is -0.134. The molecule has 0 saturated carbocycles. The second kappa shape index (κ2) is 6.60. The zero-order valence-corrected chi connectivity index (χ0v) is 13.0. The Hall–Kier alpha value is -2.69. The summed E-state index contributed by atoms with van der Waals surface area (Å²) in [5, 5.41) is 5.60. The normalized spacial score (nSPS) is 16.9. The number of carbonyl (C=O) groups is 2. The van der Waals surface area contributed by atoms with Gasteiger partial charge in [0.2, 0.25) is 11.8 Å². The van der Waals surface area contributed by atoms with Gasteiger partial charge in [0.25, 0.3) is 0 Å². The average Bonchev–Trinajstić information content (AvgIpc) is 2.93. The number of rotatable bonds is 4. The molecule has 2 N–H and O–H groups in total. The van der Waals surface area contributed by atoms with Crippen molar-refractivity contribution in [2.24, 2.45) is 0 Å². The van der Waals surface area contributed by atoms with E-state index in [0.29, 0.717) is 18.7 Å². The molecule has 2 amide bonds. The van der Waals surface area contributed by atoms with Crippen LogP contribution < -0.4 is 10.6 Å². The molecule has 0 aliphatic carbocycles. The Kier molecular flexibility index (Phi) is 4.37. The summed E-state index contributed by atoms with van der Waals surface area (Å²) < 4.78 is 0. The monoisotopic (exact) mass is 309 g/mol. The number of nitrogens with zero attached hydrogens (tertiary/aromatic N) is 1. The van der Waals surface area contributed by atoms with E-state index in [9.17, 15) is 9.59 Å². The number of benzene rings is 1. The predicted molar refractivity (Wildman–Crippen MR) is 88.8 cm³/mol. The fourth-order valence-corrected chi connectivity index (χ4v) is 2.64. The highest BCUT2D eigenvalue weighted by molar-refractivity contribution is 5.91. The van der Waals surface area contributed by atoms with Gasteiger partial charge in [0.15, 0.2) is 0 Å². The molecule has 1 aromatic heterocycles. The third kappa shape index (κ3) is 3.94. The zero-order valence-electron chi connectivity index (χ0n) is 13.0. The Balaban J connectivity index is 1.66. The molecule has 1 fully saturated rings. The molecule has 2 heterocycles. The lowest BCUT2D eigenvalue weighted by atomic mass is 10.1. The Morgan fingerprint density at radius 1 is 1.26 bits per heavy atom. The smallest absolute Gasteiger partial charge is 0.227 e. The van der Waals surface area contributed by atoms with Gasteiger partial charge >= 0.3 is 0 Å². The van der Waals surface area contributed by atoms with E-state index in [4.69, 9.17) is 0 Å². The summed E-state index contributed by atoms with van der Waals surface area (Å²) in [7, 11) is 0. The van der Waals surface area contributed by atoms with Crippen LogP contribution in [0.15, 0.2) is 42.5 Å². The van der Waals surface area contributed by atoms with E-state index in [1.807, 2.05) is 43.3 Å². The molecule has 0 radical (unpaired) electrons. The van der Waals surface area contributed by atoms with Crippen LogP contribution in [0.4, 0.5) is 5.82 Å². The summed E-state index contributed by atoms with van der Waals surface area (Å²) in [6.07, 6.45) is 1.49. The van der Waals surface area contributed by atoms with Crippen molar-refractivity contribution in [1.29, 1.82) is 0 Å². The van der Waals surface area contributed by atoms with E-state index in [2.05, 4.69) is 15.6 Å². The first-order chi connectivity index (χ1) is 11.1. The molecule has 5 nitrogen and oxygen atoms in total. The number of pyridine rings is 1. The molecule has 23 heavy (non-hydrogen) atoms.